The summed E-state index contributed by atoms with van der Waals surface area (Å²) in [6, 6.07) is -0.742. The van der Waals surface area contributed by atoms with Gasteiger partial charge in [0.05, 0.1) is 12.2 Å². The van der Waals surface area contributed by atoms with Crippen LogP contribution in [0.1, 0.15) is 26.7 Å². The van der Waals surface area contributed by atoms with E-state index in [2.05, 4.69) is 0 Å². The fraction of sp³-hybridized carbons (Fsp3) is 0.889. The van der Waals surface area contributed by atoms with Crippen LogP contribution in [0.5, 0.6) is 0 Å². The van der Waals surface area contributed by atoms with Crippen LogP contribution in [0.15, 0.2) is 0 Å². The van der Waals surface area contributed by atoms with Gasteiger partial charge in [0.2, 0.25) is 0 Å². The normalized spacial score (nSPS) is 37.0. The van der Waals surface area contributed by atoms with Crippen molar-refractivity contribution in [3.8, 4) is 0 Å². The molecule has 0 aliphatic carbocycles. The molecule has 4 nitrogen and oxygen atoms in total. The standard InChI is InChI=1S/C9H17NO3/c1-5-3-7(4-6(2)13-5)8(10)9(11)12/h5-8H,3-4,10H2,1-2H3,(H,11,12)/t5-,6+,7?,8?. The molecule has 13 heavy (non-hydrogen) atoms. The molecular weight excluding hydrogens is 170 g/mol. The van der Waals surface area contributed by atoms with E-state index in [1.165, 1.54) is 0 Å². The molecule has 1 aliphatic rings. The number of carboxylic acid groups (broad SMARTS) is 1. The van der Waals surface area contributed by atoms with E-state index in [1.54, 1.807) is 0 Å². The highest BCUT2D eigenvalue weighted by Crippen LogP contribution is 2.26. The third-order valence-electron chi connectivity index (χ3n) is 2.53. The summed E-state index contributed by atoms with van der Waals surface area (Å²) in [4.78, 5) is 10.6. The number of rotatable bonds is 2. The molecule has 0 saturated carbocycles. The first-order valence-corrected chi connectivity index (χ1v) is 4.64. The molecule has 0 aromatic carbocycles. The van der Waals surface area contributed by atoms with E-state index in [-0.39, 0.29) is 18.1 Å². The Balaban J connectivity index is 2.54. The van der Waals surface area contributed by atoms with Gasteiger partial charge in [0.1, 0.15) is 6.04 Å². The van der Waals surface area contributed by atoms with Crippen molar-refractivity contribution in [2.75, 3.05) is 0 Å². The quantitative estimate of drug-likeness (QED) is 0.664. The minimum absolute atomic E-state index is 0.0521. The molecule has 0 bridgehead atoms. The van der Waals surface area contributed by atoms with Crippen molar-refractivity contribution >= 4 is 5.97 Å². The highest BCUT2D eigenvalue weighted by molar-refractivity contribution is 5.73. The van der Waals surface area contributed by atoms with Crippen LogP contribution < -0.4 is 5.73 Å². The average molecular weight is 187 g/mol. The van der Waals surface area contributed by atoms with Crippen LogP contribution in [0.2, 0.25) is 0 Å². The lowest BCUT2D eigenvalue weighted by atomic mass is 9.87. The zero-order valence-corrected chi connectivity index (χ0v) is 8.06. The van der Waals surface area contributed by atoms with E-state index in [1.807, 2.05) is 13.8 Å². The summed E-state index contributed by atoms with van der Waals surface area (Å²) in [5.41, 5.74) is 5.56. The summed E-state index contributed by atoms with van der Waals surface area (Å²) in [6.45, 7) is 3.91. The van der Waals surface area contributed by atoms with Gasteiger partial charge in [-0.2, -0.15) is 0 Å². The van der Waals surface area contributed by atoms with E-state index in [4.69, 9.17) is 15.6 Å². The first-order valence-electron chi connectivity index (χ1n) is 4.64. The molecule has 1 saturated heterocycles. The van der Waals surface area contributed by atoms with E-state index >= 15 is 0 Å². The maximum absolute atomic E-state index is 10.6. The Kier molecular flexibility index (Phi) is 3.27. The molecule has 1 aliphatic heterocycles. The largest absolute Gasteiger partial charge is 0.480 e. The molecule has 0 aromatic heterocycles. The fourth-order valence-electron chi connectivity index (χ4n) is 1.95. The second kappa shape index (κ2) is 4.07. The summed E-state index contributed by atoms with van der Waals surface area (Å²) in [5.74, 6) is -0.859. The van der Waals surface area contributed by atoms with Crippen LogP contribution in [0.3, 0.4) is 0 Å². The Morgan fingerprint density at radius 2 is 1.92 bits per heavy atom. The summed E-state index contributed by atoms with van der Waals surface area (Å²) in [6.07, 6.45) is 1.74. The predicted octanol–water partition coefficient (Wildman–Crippen LogP) is 0.602. The molecule has 0 amide bonds. The number of nitrogens with two attached hydrogens (primary N) is 1. The van der Waals surface area contributed by atoms with Crippen molar-refractivity contribution in [1.82, 2.24) is 0 Å². The fourth-order valence-corrected chi connectivity index (χ4v) is 1.95. The van der Waals surface area contributed by atoms with Crippen LogP contribution in [0.25, 0.3) is 0 Å². The van der Waals surface area contributed by atoms with Crippen LogP contribution in [0.4, 0.5) is 0 Å². The van der Waals surface area contributed by atoms with E-state index in [0.29, 0.717) is 0 Å². The van der Waals surface area contributed by atoms with Gasteiger partial charge in [-0.05, 0) is 32.6 Å². The highest BCUT2D eigenvalue weighted by atomic mass is 16.5. The predicted molar refractivity (Wildman–Crippen MR) is 48.3 cm³/mol. The van der Waals surface area contributed by atoms with Crippen molar-refractivity contribution in [2.45, 2.75) is 44.9 Å². The van der Waals surface area contributed by atoms with Gasteiger partial charge < -0.3 is 15.6 Å². The second-order valence-corrected chi connectivity index (χ2v) is 3.85. The molecule has 1 rings (SSSR count). The zero-order valence-electron chi connectivity index (χ0n) is 8.06. The van der Waals surface area contributed by atoms with Crippen molar-refractivity contribution < 1.29 is 14.6 Å². The minimum Gasteiger partial charge on any atom is -0.480 e. The third kappa shape index (κ3) is 2.67. The monoisotopic (exact) mass is 187 g/mol. The summed E-state index contributed by atoms with van der Waals surface area (Å²) in [7, 11) is 0. The first kappa shape index (κ1) is 10.5. The lowest BCUT2D eigenvalue weighted by Crippen LogP contribution is -2.44. The Hall–Kier alpha value is -0.610. The average Bonchev–Trinajstić information content (AvgIpc) is 2.01. The van der Waals surface area contributed by atoms with Crippen molar-refractivity contribution in [3.63, 3.8) is 0 Å². The highest BCUT2D eigenvalue weighted by Gasteiger charge is 2.31. The molecule has 0 spiro atoms. The Bertz CT molecular complexity index is 185. The number of ether oxygens (including phenoxy) is 1. The van der Waals surface area contributed by atoms with Gasteiger partial charge in [-0.15, -0.1) is 0 Å². The number of carbonyl (C=O) groups is 1. The lowest BCUT2D eigenvalue weighted by Gasteiger charge is -2.33. The molecule has 4 atom stereocenters. The SMILES string of the molecule is C[C@@H]1CC(C(N)C(=O)O)C[C@H](C)O1. The number of carboxylic acids is 1. The van der Waals surface area contributed by atoms with Crippen molar-refractivity contribution in [1.29, 1.82) is 0 Å². The van der Waals surface area contributed by atoms with Gasteiger partial charge in [-0.3, -0.25) is 4.79 Å². The maximum Gasteiger partial charge on any atom is 0.320 e. The van der Waals surface area contributed by atoms with Gasteiger partial charge in [0, 0.05) is 0 Å². The van der Waals surface area contributed by atoms with Crippen molar-refractivity contribution in [3.05, 3.63) is 0 Å². The summed E-state index contributed by atoms with van der Waals surface area (Å²) in [5, 5.41) is 8.74. The molecule has 4 heteroatoms. The Morgan fingerprint density at radius 1 is 1.46 bits per heavy atom. The topological polar surface area (TPSA) is 72.6 Å². The van der Waals surface area contributed by atoms with E-state index in [0.717, 1.165) is 12.8 Å². The van der Waals surface area contributed by atoms with Gasteiger partial charge in [0.25, 0.3) is 0 Å². The van der Waals surface area contributed by atoms with Crippen LogP contribution in [-0.4, -0.2) is 29.3 Å². The van der Waals surface area contributed by atoms with E-state index < -0.39 is 12.0 Å². The lowest BCUT2D eigenvalue weighted by molar-refractivity contribution is -0.142. The van der Waals surface area contributed by atoms with Crippen LogP contribution in [0, 0.1) is 5.92 Å². The number of hydrogen-bond acceptors (Lipinski definition) is 3. The summed E-state index contributed by atoms with van der Waals surface area (Å²) < 4.78 is 5.50. The summed E-state index contributed by atoms with van der Waals surface area (Å²) >= 11 is 0. The van der Waals surface area contributed by atoms with Crippen molar-refractivity contribution in [2.24, 2.45) is 11.7 Å². The van der Waals surface area contributed by atoms with Gasteiger partial charge in [0.15, 0.2) is 0 Å². The molecule has 0 radical (unpaired) electrons. The molecule has 2 unspecified atom stereocenters. The van der Waals surface area contributed by atoms with Gasteiger partial charge in [-0.25, -0.2) is 0 Å². The van der Waals surface area contributed by atoms with Crippen LogP contribution in [-0.2, 0) is 9.53 Å². The Morgan fingerprint density at radius 3 is 2.31 bits per heavy atom. The van der Waals surface area contributed by atoms with E-state index in [9.17, 15) is 4.79 Å². The zero-order chi connectivity index (χ0) is 10.0. The molecule has 1 heterocycles. The smallest absolute Gasteiger partial charge is 0.320 e. The van der Waals surface area contributed by atoms with Gasteiger partial charge in [-0.1, -0.05) is 0 Å². The van der Waals surface area contributed by atoms with Crippen LogP contribution >= 0.6 is 0 Å². The number of aliphatic carboxylic acids is 1. The van der Waals surface area contributed by atoms with Gasteiger partial charge >= 0.3 is 5.97 Å². The first-order chi connectivity index (χ1) is 6.00. The minimum atomic E-state index is -0.911. The molecule has 1 fully saturated rings. The molecule has 3 N–H and O–H groups in total. The maximum atomic E-state index is 10.6. The molecular formula is C9H17NO3. The third-order valence-corrected chi connectivity index (χ3v) is 2.53. The molecule has 0 aromatic rings. The molecule has 76 valence electrons. The number of hydrogen-bond donors (Lipinski definition) is 2. The second-order valence-electron chi connectivity index (χ2n) is 3.85. The Labute approximate surface area is 78.1 Å².